The number of hydrogen-bond donors (Lipinski definition) is 0. The van der Waals surface area contributed by atoms with Crippen molar-refractivity contribution in [2.75, 3.05) is 36.9 Å². The van der Waals surface area contributed by atoms with Gasteiger partial charge in [-0.3, -0.25) is 19.9 Å². The van der Waals surface area contributed by atoms with Crippen molar-refractivity contribution in [2.45, 2.75) is 37.4 Å². The van der Waals surface area contributed by atoms with Crippen LogP contribution in [0.3, 0.4) is 0 Å². The van der Waals surface area contributed by atoms with Crippen LogP contribution in [-0.2, 0) is 19.3 Å². The van der Waals surface area contributed by atoms with Gasteiger partial charge in [0.05, 0.1) is 33.3 Å². The first-order valence-electron chi connectivity index (χ1n) is 14.2. The summed E-state index contributed by atoms with van der Waals surface area (Å²) in [4.78, 5) is 18.0. The van der Waals surface area contributed by atoms with Gasteiger partial charge in [0.25, 0.3) is 0 Å². The number of nitrogens with zero attached hydrogens (tertiary/aromatic N) is 4. The minimum absolute atomic E-state index is 0.367. The second-order valence-corrected chi connectivity index (χ2v) is 14.0. The summed E-state index contributed by atoms with van der Waals surface area (Å²) in [6.45, 7) is 2.63. The lowest BCUT2D eigenvalue weighted by molar-refractivity contribution is 0.411. The highest BCUT2D eigenvalue weighted by Crippen LogP contribution is 2.27. The maximum absolute atomic E-state index is 5.16. The Kier molecular flexibility index (Phi) is 9.77. The Balaban J connectivity index is 1.11. The van der Waals surface area contributed by atoms with Gasteiger partial charge in [-0.1, -0.05) is 91.0 Å². The lowest BCUT2D eigenvalue weighted by Gasteiger charge is -2.21. The second kappa shape index (κ2) is 14.0. The fourth-order valence-corrected chi connectivity index (χ4v) is 8.61. The van der Waals surface area contributed by atoms with Gasteiger partial charge in [0.2, 0.25) is 0 Å². The van der Waals surface area contributed by atoms with E-state index in [1.807, 2.05) is 35.3 Å². The van der Waals surface area contributed by atoms with E-state index in [-0.39, 0.29) is 0 Å². The summed E-state index contributed by atoms with van der Waals surface area (Å²) in [6, 6.07) is 33.4. The number of hydrogen-bond acceptors (Lipinski definition) is 7. The molecule has 3 aromatic rings. The van der Waals surface area contributed by atoms with E-state index in [9.17, 15) is 0 Å². The molecule has 0 aliphatic carbocycles. The molecule has 0 aromatic heterocycles. The summed E-state index contributed by atoms with van der Waals surface area (Å²) < 4.78 is 0. The lowest BCUT2D eigenvalue weighted by atomic mass is 10.1. The molecule has 206 valence electrons. The number of rotatable bonds is 12. The molecule has 0 unspecified atom stereocenters. The van der Waals surface area contributed by atoms with Gasteiger partial charge in [-0.2, -0.15) is 0 Å². The van der Waals surface area contributed by atoms with E-state index in [2.05, 4.69) is 95.9 Å². The van der Waals surface area contributed by atoms with Crippen LogP contribution in [0.5, 0.6) is 0 Å². The van der Waals surface area contributed by atoms with Crippen LogP contribution in [0, 0.1) is 0 Å². The molecular formula is C33H36N4S3. The van der Waals surface area contributed by atoms with Crippen LogP contribution in [0.25, 0.3) is 0 Å². The van der Waals surface area contributed by atoms with Crippen LogP contribution in [0.2, 0.25) is 0 Å². The number of thioether (sulfide) groups is 3. The SMILES string of the molecule is c1ccc(C[C@H]2CSC(CN(CC3=N[C@@H](Cc4ccccc4)CS3)CC3=N[C@@H](Cc4ccccc4)CS3)=N2)cc1. The largest absolute Gasteiger partial charge is 0.284 e. The minimum atomic E-state index is 0.367. The molecular weight excluding hydrogens is 549 g/mol. The Hall–Kier alpha value is -2.32. The quantitative estimate of drug-likeness (QED) is 0.242. The third kappa shape index (κ3) is 8.12. The highest BCUT2D eigenvalue weighted by atomic mass is 32.2. The highest BCUT2D eigenvalue weighted by molar-refractivity contribution is 8.15. The average molecular weight is 585 g/mol. The van der Waals surface area contributed by atoms with Crippen molar-refractivity contribution >= 4 is 50.4 Å². The van der Waals surface area contributed by atoms with E-state index < -0.39 is 0 Å². The van der Waals surface area contributed by atoms with E-state index in [1.165, 1.54) is 31.8 Å². The summed E-state index contributed by atoms with van der Waals surface area (Å²) in [6.07, 6.45) is 3.06. The van der Waals surface area contributed by atoms with Crippen LogP contribution >= 0.6 is 35.3 Å². The van der Waals surface area contributed by atoms with E-state index >= 15 is 0 Å². The Bertz CT molecular complexity index is 1160. The van der Waals surface area contributed by atoms with Gasteiger partial charge >= 0.3 is 0 Å². The molecule has 0 saturated carbocycles. The third-order valence-corrected chi connectivity index (χ3v) is 10.7. The first-order valence-corrected chi connectivity index (χ1v) is 17.1. The molecule has 3 aromatic carbocycles. The van der Waals surface area contributed by atoms with E-state index in [0.29, 0.717) is 18.1 Å². The molecule has 7 heteroatoms. The zero-order valence-electron chi connectivity index (χ0n) is 22.8. The molecule has 3 heterocycles. The van der Waals surface area contributed by atoms with Crippen molar-refractivity contribution < 1.29 is 0 Å². The van der Waals surface area contributed by atoms with Gasteiger partial charge in [-0.25, -0.2) is 0 Å². The molecule has 4 nitrogen and oxygen atoms in total. The summed E-state index contributed by atoms with van der Waals surface area (Å²) >= 11 is 5.80. The normalized spacial score (nSPS) is 22.4. The molecule has 0 fully saturated rings. The topological polar surface area (TPSA) is 40.3 Å². The zero-order valence-corrected chi connectivity index (χ0v) is 25.2. The predicted octanol–water partition coefficient (Wildman–Crippen LogP) is 6.56. The van der Waals surface area contributed by atoms with Crippen molar-refractivity contribution in [3.8, 4) is 0 Å². The maximum Gasteiger partial charge on any atom is 0.0821 e. The van der Waals surface area contributed by atoms with E-state index in [4.69, 9.17) is 15.0 Å². The molecule has 6 rings (SSSR count). The molecule has 40 heavy (non-hydrogen) atoms. The number of aliphatic imine (C=N–C) groups is 3. The van der Waals surface area contributed by atoms with Crippen molar-refractivity contribution in [3.05, 3.63) is 108 Å². The van der Waals surface area contributed by atoms with Crippen molar-refractivity contribution in [3.63, 3.8) is 0 Å². The zero-order chi connectivity index (χ0) is 27.0. The highest BCUT2D eigenvalue weighted by Gasteiger charge is 2.27. The molecule has 0 radical (unpaired) electrons. The molecule has 3 aliphatic rings. The Morgan fingerprint density at radius 1 is 0.475 bits per heavy atom. The second-order valence-electron chi connectivity index (χ2n) is 10.7. The third-order valence-electron chi connectivity index (χ3n) is 7.33. The summed E-state index contributed by atoms with van der Waals surface area (Å²) in [7, 11) is 0. The summed E-state index contributed by atoms with van der Waals surface area (Å²) in [5, 5.41) is 3.78. The summed E-state index contributed by atoms with van der Waals surface area (Å²) in [5.41, 5.74) is 4.12. The van der Waals surface area contributed by atoms with Crippen LogP contribution < -0.4 is 0 Å². The molecule has 0 amide bonds. The monoisotopic (exact) mass is 584 g/mol. The van der Waals surface area contributed by atoms with Crippen molar-refractivity contribution in [2.24, 2.45) is 15.0 Å². The Morgan fingerprint density at radius 2 is 0.775 bits per heavy atom. The maximum atomic E-state index is 5.16. The average Bonchev–Trinajstić information content (AvgIpc) is 3.73. The number of benzene rings is 3. The van der Waals surface area contributed by atoms with E-state index in [1.54, 1.807) is 0 Å². The Labute approximate surface area is 251 Å². The fraction of sp³-hybridized carbons (Fsp3) is 0.364. The van der Waals surface area contributed by atoms with Crippen molar-refractivity contribution in [1.29, 1.82) is 0 Å². The van der Waals surface area contributed by atoms with Crippen LogP contribution in [0.4, 0.5) is 0 Å². The lowest BCUT2D eigenvalue weighted by Crippen LogP contribution is -2.35. The van der Waals surface area contributed by atoms with Gasteiger partial charge in [0.15, 0.2) is 0 Å². The first-order chi connectivity index (χ1) is 19.7. The van der Waals surface area contributed by atoms with Gasteiger partial charge in [-0.15, -0.1) is 35.3 Å². The van der Waals surface area contributed by atoms with Crippen LogP contribution in [0.15, 0.2) is 106 Å². The first kappa shape index (κ1) is 27.8. The van der Waals surface area contributed by atoms with Crippen LogP contribution in [-0.4, -0.2) is 75.0 Å². The molecule has 0 N–H and O–H groups in total. The fourth-order valence-electron chi connectivity index (χ4n) is 5.38. The summed E-state index contributed by atoms with van der Waals surface area (Å²) in [5.74, 6) is 3.21. The molecule has 0 saturated heterocycles. The molecule has 0 spiro atoms. The van der Waals surface area contributed by atoms with Gasteiger partial charge < -0.3 is 0 Å². The van der Waals surface area contributed by atoms with Gasteiger partial charge in [-0.05, 0) is 36.0 Å². The standard InChI is InChI=1S/C33H36N4S3/c1-4-10-25(11-5-1)16-28-22-38-31(34-28)19-37(20-32-35-29(23-39-32)17-26-12-6-2-7-13-26)21-33-36-30(24-40-33)18-27-14-8-3-9-15-27/h1-15,28-30H,16-24H2/t28-,29-,30-/m0/s1. The van der Waals surface area contributed by atoms with Gasteiger partial charge in [0, 0.05) is 36.9 Å². The Morgan fingerprint density at radius 3 is 1.07 bits per heavy atom. The molecule has 3 aliphatic heterocycles. The smallest absolute Gasteiger partial charge is 0.0821 e. The predicted molar refractivity (Wildman–Crippen MR) is 178 cm³/mol. The van der Waals surface area contributed by atoms with Crippen molar-refractivity contribution in [1.82, 2.24) is 4.90 Å². The van der Waals surface area contributed by atoms with Crippen LogP contribution in [0.1, 0.15) is 16.7 Å². The minimum Gasteiger partial charge on any atom is -0.284 e. The van der Waals surface area contributed by atoms with E-state index in [0.717, 1.165) is 56.2 Å². The molecule has 0 bridgehead atoms. The molecule has 3 atom stereocenters. The van der Waals surface area contributed by atoms with Gasteiger partial charge in [0.1, 0.15) is 0 Å².